The normalized spacial score (nSPS) is 14.3. The first-order valence-electron chi connectivity index (χ1n) is 7.28. The number of carbonyl (C=O) groups is 1. The largest absolute Gasteiger partial charge is 0.437 e. The highest BCUT2D eigenvalue weighted by Crippen LogP contribution is 2.32. The quantitative estimate of drug-likeness (QED) is 0.757. The molecule has 0 radical (unpaired) electrons. The lowest BCUT2D eigenvalue weighted by Gasteiger charge is -2.35. The summed E-state index contributed by atoms with van der Waals surface area (Å²) in [7, 11) is 0. The minimum atomic E-state index is -1.72. The first-order chi connectivity index (χ1) is 10.8. The van der Waals surface area contributed by atoms with Crippen molar-refractivity contribution >= 4 is 17.4 Å². The minimum Gasteiger partial charge on any atom is -0.437 e. The molecule has 1 unspecified atom stereocenters. The second-order valence-corrected chi connectivity index (χ2v) is 6.43. The van der Waals surface area contributed by atoms with Crippen LogP contribution in [-0.2, 0) is 15.4 Å². The Balaban J connectivity index is 2.52. The van der Waals surface area contributed by atoms with Crippen molar-refractivity contribution in [1.29, 1.82) is 0 Å². The van der Waals surface area contributed by atoms with E-state index in [0.29, 0.717) is 10.8 Å². The van der Waals surface area contributed by atoms with E-state index in [-0.39, 0.29) is 12.4 Å². The van der Waals surface area contributed by atoms with E-state index in [2.05, 4.69) is 10.1 Å². The van der Waals surface area contributed by atoms with Crippen LogP contribution in [0, 0.1) is 5.41 Å². The second-order valence-electron chi connectivity index (χ2n) is 5.99. The molecule has 7 heteroatoms. The zero-order valence-electron chi connectivity index (χ0n) is 13.6. The highest BCUT2D eigenvalue weighted by molar-refractivity contribution is 6.30. The van der Waals surface area contributed by atoms with Gasteiger partial charge in [-0.05, 0) is 31.2 Å². The lowest BCUT2D eigenvalue weighted by Crippen LogP contribution is -2.54. The van der Waals surface area contributed by atoms with Crippen molar-refractivity contribution in [2.45, 2.75) is 33.6 Å². The Morgan fingerprint density at radius 2 is 1.91 bits per heavy atom. The highest BCUT2D eigenvalue weighted by Gasteiger charge is 2.50. The highest BCUT2D eigenvalue weighted by atomic mass is 35.5. The summed E-state index contributed by atoms with van der Waals surface area (Å²) >= 11 is 5.90. The van der Waals surface area contributed by atoms with Gasteiger partial charge in [-0.2, -0.15) is 9.78 Å². The molecule has 0 aliphatic carbocycles. The fourth-order valence-corrected chi connectivity index (χ4v) is 2.18. The molecular formula is C16H20ClN3O3. The van der Waals surface area contributed by atoms with Crippen molar-refractivity contribution in [3.63, 3.8) is 0 Å². The summed E-state index contributed by atoms with van der Waals surface area (Å²) in [6.07, 6.45) is 2.73. The monoisotopic (exact) mass is 337 g/mol. The Hall–Kier alpha value is -1.92. The first kappa shape index (κ1) is 17.4. The molecule has 0 aliphatic heterocycles. The topological polar surface area (TPSA) is 66.2 Å². The van der Waals surface area contributed by atoms with E-state index < -0.39 is 11.3 Å². The number of aromatic nitrogens is 3. The molecule has 2 rings (SSSR count). The second kappa shape index (κ2) is 6.68. The van der Waals surface area contributed by atoms with Crippen LogP contribution >= 0.6 is 11.6 Å². The lowest BCUT2D eigenvalue weighted by atomic mass is 9.88. The summed E-state index contributed by atoms with van der Waals surface area (Å²) in [5.41, 5.74) is -0.715. The predicted molar refractivity (Wildman–Crippen MR) is 86.2 cm³/mol. The maximum atomic E-state index is 13.1. The van der Waals surface area contributed by atoms with Crippen LogP contribution < -0.4 is 4.74 Å². The van der Waals surface area contributed by atoms with E-state index >= 15 is 0 Å². The van der Waals surface area contributed by atoms with Crippen molar-refractivity contribution < 1.29 is 14.3 Å². The van der Waals surface area contributed by atoms with E-state index in [1.807, 2.05) is 0 Å². The molecule has 0 spiro atoms. The molecule has 1 heterocycles. The van der Waals surface area contributed by atoms with Crippen LogP contribution in [0.1, 0.15) is 27.7 Å². The van der Waals surface area contributed by atoms with Crippen molar-refractivity contribution in [3.05, 3.63) is 41.9 Å². The number of Topliss-reactive ketones (excluding diaryl/α,β-unsaturated/α-hetero) is 1. The van der Waals surface area contributed by atoms with Gasteiger partial charge in [0.05, 0.1) is 6.61 Å². The van der Waals surface area contributed by atoms with Gasteiger partial charge in [0.1, 0.15) is 18.4 Å². The number of hydrogen-bond acceptors (Lipinski definition) is 5. The third kappa shape index (κ3) is 3.71. The first-order valence-corrected chi connectivity index (χ1v) is 7.66. The molecule has 1 atom stereocenters. The smallest absolute Gasteiger partial charge is 0.379 e. The molecule has 0 aliphatic rings. The standard InChI is InChI=1S/C16H20ClN3O3/c1-5-22-16(14(21)15(2,3)4,20-11-18-10-19-20)23-13-8-6-12(17)7-9-13/h6-11H,5H2,1-4H3. The average molecular weight is 338 g/mol. The van der Waals surface area contributed by atoms with E-state index in [0.717, 1.165) is 0 Å². The fraction of sp³-hybridized carbons (Fsp3) is 0.438. The molecular weight excluding hydrogens is 318 g/mol. The zero-order valence-corrected chi connectivity index (χ0v) is 14.4. The number of ketones is 1. The summed E-state index contributed by atoms with van der Waals surface area (Å²) < 4.78 is 13.0. The Morgan fingerprint density at radius 3 is 2.39 bits per heavy atom. The number of benzene rings is 1. The van der Waals surface area contributed by atoms with Gasteiger partial charge in [0.15, 0.2) is 0 Å². The van der Waals surface area contributed by atoms with Crippen LogP contribution in [0.2, 0.25) is 5.02 Å². The zero-order chi connectivity index (χ0) is 17.1. The van der Waals surface area contributed by atoms with E-state index in [4.69, 9.17) is 21.1 Å². The Labute approximate surface area is 140 Å². The molecule has 0 fully saturated rings. The Bertz CT molecular complexity index is 650. The maximum absolute atomic E-state index is 13.1. The van der Waals surface area contributed by atoms with Crippen LogP contribution in [0.15, 0.2) is 36.9 Å². The van der Waals surface area contributed by atoms with Gasteiger partial charge in [-0.25, -0.2) is 4.98 Å². The third-order valence-corrected chi connectivity index (χ3v) is 3.35. The average Bonchev–Trinajstić information content (AvgIpc) is 3.02. The Morgan fingerprint density at radius 1 is 1.26 bits per heavy atom. The fourth-order valence-electron chi connectivity index (χ4n) is 2.05. The maximum Gasteiger partial charge on any atom is 0.379 e. The molecule has 0 saturated carbocycles. The Kier molecular flexibility index (Phi) is 5.06. The van der Waals surface area contributed by atoms with Crippen molar-refractivity contribution in [3.8, 4) is 5.75 Å². The molecule has 1 aromatic carbocycles. The molecule has 0 amide bonds. The van der Waals surface area contributed by atoms with E-state index in [9.17, 15) is 4.79 Å². The summed E-state index contributed by atoms with van der Waals surface area (Å²) in [6, 6.07) is 6.69. The van der Waals surface area contributed by atoms with Crippen molar-refractivity contribution in [2.75, 3.05) is 6.61 Å². The van der Waals surface area contributed by atoms with Crippen LogP contribution in [-0.4, -0.2) is 27.2 Å². The molecule has 0 bridgehead atoms. The van der Waals surface area contributed by atoms with Gasteiger partial charge in [-0.1, -0.05) is 32.4 Å². The van der Waals surface area contributed by atoms with Crippen LogP contribution in [0.25, 0.3) is 0 Å². The van der Waals surface area contributed by atoms with Gasteiger partial charge < -0.3 is 9.47 Å². The molecule has 23 heavy (non-hydrogen) atoms. The molecule has 1 aromatic heterocycles. The minimum absolute atomic E-state index is 0.259. The van der Waals surface area contributed by atoms with Crippen LogP contribution in [0.3, 0.4) is 0 Å². The molecule has 2 aromatic rings. The van der Waals surface area contributed by atoms with E-state index in [1.165, 1.54) is 17.3 Å². The SMILES string of the molecule is CCOC(Oc1ccc(Cl)cc1)(C(=O)C(C)(C)C)n1cncn1. The molecule has 0 N–H and O–H groups in total. The van der Waals surface area contributed by atoms with Gasteiger partial charge in [-0.15, -0.1) is 0 Å². The van der Waals surface area contributed by atoms with Crippen molar-refractivity contribution in [1.82, 2.24) is 14.8 Å². The number of hydrogen-bond donors (Lipinski definition) is 0. The van der Waals surface area contributed by atoms with Gasteiger partial charge in [0, 0.05) is 10.4 Å². The van der Waals surface area contributed by atoms with E-state index in [1.54, 1.807) is 52.0 Å². The number of nitrogens with zero attached hydrogens (tertiary/aromatic N) is 3. The van der Waals surface area contributed by atoms with Gasteiger partial charge in [0.25, 0.3) is 0 Å². The number of rotatable bonds is 6. The van der Waals surface area contributed by atoms with Gasteiger partial charge in [0.2, 0.25) is 5.78 Å². The summed E-state index contributed by atoms with van der Waals surface area (Å²) in [5.74, 6) is -1.56. The van der Waals surface area contributed by atoms with Gasteiger partial charge >= 0.3 is 5.91 Å². The summed E-state index contributed by atoms with van der Waals surface area (Å²) in [6.45, 7) is 7.43. The number of halogens is 1. The predicted octanol–water partition coefficient (Wildman–Crippen LogP) is 3.27. The molecule has 124 valence electrons. The lowest BCUT2D eigenvalue weighted by molar-refractivity contribution is -0.243. The third-order valence-electron chi connectivity index (χ3n) is 3.10. The van der Waals surface area contributed by atoms with Crippen LogP contribution in [0.4, 0.5) is 0 Å². The molecule has 0 saturated heterocycles. The van der Waals surface area contributed by atoms with Crippen LogP contribution in [0.5, 0.6) is 5.75 Å². The molecule has 6 nitrogen and oxygen atoms in total. The summed E-state index contributed by atoms with van der Waals surface area (Å²) in [4.78, 5) is 17.0. The number of carbonyl (C=O) groups excluding carboxylic acids is 1. The number of ether oxygens (including phenoxy) is 2. The van der Waals surface area contributed by atoms with Gasteiger partial charge in [-0.3, -0.25) is 4.79 Å². The summed E-state index contributed by atoms with van der Waals surface area (Å²) in [5, 5.41) is 4.64. The van der Waals surface area contributed by atoms with Crippen molar-refractivity contribution in [2.24, 2.45) is 5.41 Å².